The van der Waals surface area contributed by atoms with E-state index >= 15 is 0 Å². The number of fused-ring (bicyclic) bond motifs is 1. The Morgan fingerprint density at radius 1 is 1.00 bits per heavy atom. The normalized spacial score (nSPS) is 17.6. The van der Waals surface area contributed by atoms with Crippen molar-refractivity contribution < 1.29 is 19.1 Å². The topological polar surface area (TPSA) is 62.3 Å². The molecule has 1 atom stereocenters. The molecule has 0 saturated carbocycles. The Morgan fingerprint density at radius 3 is 2.58 bits per heavy atom. The Kier molecular flexibility index (Phi) is 11.4. The quantitative estimate of drug-likeness (QED) is 0.194. The van der Waals surface area contributed by atoms with E-state index in [2.05, 4.69) is 16.7 Å². The maximum Gasteiger partial charge on any atom is 0.307 e. The van der Waals surface area contributed by atoms with Gasteiger partial charge in [0.05, 0.1) is 28.0 Å². The summed E-state index contributed by atoms with van der Waals surface area (Å²) in [6, 6.07) is 11.7. The molecule has 0 aromatic heterocycles. The van der Waals surface area contributed by atoms with Crippen molar-refractivity contribution in [2.75, 3.05) is 55.9 Å². The second kappa shape index (κ2) is 14.9. The van der Waals surface area contributed by atoms with E-state index in [1.165, 1.54) is 0 Å². The summed E-state index contributed by atoms with van der Waals surface area (Å²) in [4.78, 5) is 31.4. The van der Waals surface area contributed by atoms with Gasteiger partial charge >= 0.3 is 5.97 Å². The number of hydrogen-bond donors (Lipinski definition) is 0. The van der Waals surface area contributed by atoms with Gasteiger partial charge < -0.3 is 14.4 Å². The Labute approximate surface area is 248 Å². The van der Waals surface area contributed by atoms with Crippen molar-refractivity contribution in [2.45, 2.75) is 58.8 Å². The summed E-state index contributed by atoms with van der Waals surface area (Å²) < 4.78 is 11.5. The van der Waals surface area contributed by atoms with Gasteiger partial charge in [-0.15, -0.1) is 0 Å². The molecule has 1 saturated heterocycles. The third-order valence-electron chi connectivity index (χ3n) is 7.68. The van der Waals surface area contributed by atoms with Gasteiger partial charge in [0, 0.05) is 44.6 Å². The van der Waals surface area contributed by atoms with Crippen LogP contribution >= 0.6 is 23.2 Å². The molecule has 0 radical (unpaired) electrons. The average molecular weight is 591 g/mol. The molecule has 0 bridgehead atoms. The molecule has 2 heterocycles. The minimum Gasteiger partial charge on any atom is -0.494 e. The zero-order valence-corrected chi connectivity index (χ0v) is 25.2. The molecule has 0 N–H and O–H groups in total. The SMILES string of the molecule is CCCCCC(=O)OCN1C(=O)C(C)Cc2ccc(OCCCCN3CCN(c4cccc(Cl)c4Cl)CC3)cc21. The van der Waals surface area contributed by atoms with Gasteiger partial charge in [-0.1, -0.05) is 62.0 Å². The van der Waals surface area contributed by atoms with Crippen LogP contribution in [0, 0.1) is 5.92 Å². The van der Waals surface area contributed by atoms with Gasteiger partial charge in [0.25, 0.3) is 0 Å². The van der Waals surface area contributed by atoms with Crippen LogP contribution in [0.25, 0.3) is 0 Å². The maximum absolute atomic E-state index is 12.9. The van der Waals surface area contributed by atoms with Crippen LogP contribution in [0.5, 0.6) is 5.75 Å². The third-order valence-corrected chi connectivity index (χ3v) is 8.49. The van der Waals surface area contributed by atoms with Crippen molar-refractivity contribution in [3.8, 4) is 5.75 Å². The first-order valence-corrected chi connectivity index (χ1v) is 15.3. The lowest BCUT2D eigenvalue weighted by Gasteiger charge is -2.36. The molecule has 2 aliphatic rings. The standard InChI is InChI=1S/C31H41Cl2N3O4/c1-3-4-5-11-29(37)40-22-36-28-21-25(13-12-24(28)20-23(2)31(36)38)39-19-7-6-14-34-15-17-35(18-16-34)27-10-8-9-26(32)30(27)33/h8-10,12-13,21,23H,3-7,11,14-20,22H2,1-2H3. The van der Waals surface area contributed by atoms with Crippen LogP contribution in [0.15, 0.2) is 36.4 Å². The molecule has 1 fully saturated rings. The summed E-state index contributed by atoms with van der Waals surface area (Å²) in [5.74, 6) is 0.293. The second-order valence-electron chi connectivity index (χ2n) is 10.7. The number of carbonyl (C=O) groups is 2. The maximum atomic E-state index is 12.9. The molecule has 9 heteroatoms. The number of carbonyl (C=O) groups excluding carboxylic acids is 2. The number of ether oxygens (including phenoxy) is 2. The van der Waals surface area contributed by atoms with E-state index in [0.717, 1.165) is 87.5 Å². The summed E-state index contributed by atoms with van der Waals surface area (Å²) in [7, 11) is 0. The van der Waals surface area contributed by atoms with E-state index in [-0.39, 0.29) is 24.5 Å². The van der Waals surface area contributed by atoms with Crippen LogP contribution in [-0.2, 0) is 20.7 Å². The van der Waals surface area contributed by atoms with E-state index in [1.807, 2.05) is 43.3 Å². The van der Waals surface area contributed by atoms with Gasteiger partial charge in [-0.25, -0.2) is 0 Å². The van der Waals surface area contributed by atoms with Crippen molar-refractivity contribution in [1.82, 2.24) is 4.90 Å². The summed E-state index contributed by atoms with van der Waals surface area (Å²) in [6.45, 7) is 9.40. The molecule has 2 aromatic carbocycles. The fourth-order valence-corrected chi connectivity index (χ4v) is 5.71. The number of benzene rings is 2. The first-order chi connectivity index (χ1) is 19.4. The Bertz CT molecular complexity index is 1150. The van der Waals surface area contributed by atoms with Gasteiger partial charge in [0.15, 0.2) is 6.73 Å². The number of anilines is 2. The molecule has 40 heavy (non-hydrogen) atoms. The molecule has 7 nitrogen and oxygen atoms in total. The van der Waals surface area contributed by atoms with Crippen LogP contribution in [0.1, 0.15) is 57.9 Å². The number of amides is 1. The largest absolute Gasteiger partial charge is 0.494 e. The highest BCUT2D eigenvalue weighted by Crippen LogP contribution is 2.34. The first-order valence-electron chi connectivity index (χ1n) is 14.5. The smallest absolute Gasteiger partial charge is 0.307 e. The number of hydrogen-bond acceptors (Lipinski definition) is 6. The Hall–Kier alpha value is -2.48. The number of unbranched alkanes of at least 4 members (excludes halogenated alkanes) is 3. The third kappa shape index (κ3) is 8.05. The minimum atomic E-state index is -0.261. The fourth-order valence-electron chi connectivity index (χ4n) is 5.30. The summed E-state index contributed by atoms with van der Waals surface area (Å²) in [6.07, 6.45) is 5.88. The lowest BCUT2D eigenvalue weighted by atomic mass is 9.93. The number of rotatable bonds is 13. The predicted molar refractivity (Wildman–Crippen MR) is 162 cm³/mol. The van der Waals surface area contributed by atoms with Gasteiger partial charge in [0.2, 0.25) is 5.91 Å². The van der Waals surface area contributed by atoms with Crippen molar-refractivity contribution in [3.63, 3.8) is 0 Å². The zero-order valence-electron chi connectivity index (χ0n) is 23.7. The monoisotopic (exact) mass is 589 g/mol. The molecule has 4 rings (SSSR count). The number of halogens is 2. The zero-order chi connectivity index (χ0) is 28.5. The number of nitrogens with zero attached hydrogens (tertiary/aromatic N) is 3. The lowest BCUT2D eigenvalue weighted by molar-refractivity contribution is -0.144. The van der Waals surface area contributed by atoms with Crippen molar-refractivity contribution >= 4 is 46.5 Å². The summed E-state index contributed by atoms with van der Waals surface area (Å²) in [5.41, 5.74) is 2.85. The number of esters is 1. The van der Waals surface area contributed by atoms with Gasteiger partial charge in [-0.2, -0.15) is 0 Å². The van der Waals surface area contributed by atoms with E-state index in [0.29, 0.717) is 29.5 Å². The molecule has 0 aliphatic carbocycles. The molecular formula is C31H41Cl2N3O4. The Balaban J connectivity index is 1.21. The van der Waals surface area contributed by atoms with Gasteiger partial charge in [-0.3, -0.25) is 19.4 Å². The van der Waals surface area contributed by atoms with Crippen molar-refractivity contribution in [1.29, 1.82) is 0 Å². The molecule has 1 unspecified atom stereocenters. The summed E-state index contributed by atoms with van der Waals surface area (Å²) >= 11 is 12.6. The molecule has 2 aliphatic heterocycles. The molecule has 2 aromatic rings. The number of piperazine rings is 1. The van der Waals surface area contributed by atoms with Crippen LogP contribution in [-0.4, -0.2) is 62.8 Å². The van der Waals surface area contributed by atoms with Crippen LogP contribution < -0.4 is 14.5 Å². The van der Waals surface area contributed by atoms with Crippen LogP contribution in [0.2, 0.25) is 10.0 Å². The highest BCUT2D eigenvalue weighted by molar-refractivity contribution is 6.43. The van der Waals surface area contributed by atoms with E-state index in [1.54, 1.807) is 4.90 Å². The lowest BCUT2D eigenvalue weighted by Crippen LogP contribution is -2.46. The highest BCUT2D eigenvalue weighted by Gasteiger charge is 2.31. The highest BCUT2D eigenvalue weighted by atomic mass is 35.5. The van der Waals surface area contributed by atoms with E-state index < -0.39 is 0 Å². The average Bonchev–Trinajstić information content (AvgIpc) is 2.95. The van der Waals surface area contributed by atoms with Crippen LogP contribution in [0.4, 0.5) is 11.4 Å². The van der Waals surface area contributed by atoms with Crippen LogP contribution in [0.3, 0.4) is 0 Å². The predicted octanol–water partition coefficient (Wildman–Crippen LogP) is 6.58. The van der Waals surface area contributed by atoms with Gasteiger partial charge in [-0.05, 0) is 56.0 Å². The molecule has 0 spiro atoms. The van der Waals surface area contributed by atoms with Gasteiger partial charge in [0.1, 0.15) is 5.75 Å². The van der Waals surface area contributed by atoms with E-state index in [9.17, 15) is 9.59 Å². The van der Waals surface area contributed by atoms with Crippen molar-refractivity contribution in [3.05, 3.63) is 52.0 Å². The fraction of sp³-hybridized carbons (Fsp3) is 0.548. The first kappa shape index (κ1) is 30.5. The Morgan fingerprint density at radius 2 is 1.80 bits per heavy atom. The molecule has 1 amide bonds. The van der Waals surface area contributed by atoms with E-state index in [4.69, 9.17) is 32.7 Å². The minimum absolute atomic E-state index is 0.0243. The van der Waals surface area contributed by atoms with Crippen molar-refractivity contribution in [2.24, 2.45) is 5.92 Å². The molecule has 218 valence electrons. The summed E-state index contributed by atoms with van der Waals surface area (Å²) in [5, 5.41) is 1.22. The molecular weight excluding hydrogens is 549 g/mol. The second-order valence-corrected chi connectivity index (χ2v) is 11.5.